The lowest BCUT2D eigenvalue weighted by Gasteiger charge is -2.16. The van der Waals surface area contributed by atoms with Crippen molar-refractivity contribution in [2.45, 2.75) is 39.3 Å². The van der Waals surface area contributed by atoms with Crippen molar-refractivity contribution >= 4 is 13.8 Å². The molecule has 3 nitrogen and oxygen atoms in total. The molecule has 1 aromatic heterocycles. The van der Waals surface area contributed by atoms with Gasteiger partial charge in [0.15, 0.2) is 0 Å². The maximum Gasteiger partial charge on any atom is 0.122 e. The molecule has 0 amide bonds. The second kappa shape index (κ2) is 5.55. The van der Waals surface area contributed by atoms with Gasteiger partial charge in [-0.2, -0.15) is 0 Å². The van der Waals surface area contributed by atoms with Crippen LogP contribution in [0.5, 0.6) is 0 Å². The van der Waals surface area contributed by atoms with Crippen LogP contribution in [0.25, 0.3) is 0 Å². The first kappa shape index (κ1) is 13.3. The Hall–Kier alpha value is -0.743. The van der Waals surface area contributed by atoms with Crippen LogP contribution in [0.15, 0.2) is 12.3 Å². The molecular formula is C12H24N2OSi. The number of nitrogens with zero attached hydrogens (tertiary/aromatic N) is 1. The van der Waals surface area contributed by atoms with E-state index in [9.17, 15) is 0 Å². The summed E-state index contributed by atoms with van der Waals surface area (Å²) in [5, 5.41) is 3.16. The van der Waals surface area contributed by atoms with Gasteiger partial charge in [-0.25, -0.2) is 0 Å². The summed E-state index contributed by atoms with van der Waals surface area (Å²) in [5.74, 6) is 0. The highest BCUT2D eigenvalue weighted by molar-refractivity contribution is 6.76. The fraction of sp³-hybridized carbons (Fsp3) is 0.667. The molecule has 0 aliphatic carbocycles. The second-order valence-electron chi connectivity index (χ2n) is 5.38. The van der Waals surface area contributed by atoms with Crippen molar-refractivity contribution in [3.05, 3.63) is 18.0 Å². The zero-order chi connectivity index (χ0) is 12.2. The number of anilines is 1. The molecule has 4 heteroatoms. The molecule has 0 saturated carbocycles. The third-order valence-electron chi connectivity index (χ3n) is 2.74. The van der Waals surface area contributed by atoms with Crippen LogP contribution in [-0.4, -0.2) is 26.3 Å². The SMILES string of the molecule is CNc1ccn(COCC[Si](C)(C)C)c1C. The van der Waals surface area contributed by atoms with Crippen molar-refractivity contribution in [2.75, 3.05) is 19.0 Å². The maximum atomic E-state index is 5.70. The van der Waals surface area contributed by atoms with Gasteiger partial charge >= 0.3 is 0 Å². The Balaban J connectivity index is 2.35. The Morgan fingerprint density at radius 2 is 2.06 bits per heavy atom. The van der Waals surface area contributed by atoms with Gasteiger partial charge in [-0.15, -0.1) is 0 Å². The van der Waals surface area contributed by atoms with E-state index in [4.69, 9.17) is 4.74 Å². The molecule has 1 rings (SSSR count). The van der Waals surface area contributed by atoms with Crippen LogP contribution in [0, 0.1) is 6.92 Å². The predicted octanol–water partition coefficient (Wildman–Crippen LogP) is 3.15. The normalized spacial score (nSPS) is 11.8. The molecule has 92 valence electrons. The van der Waals surface area contributed by atoms with E-state index in [2.05, 4.69) is 48.7 Å². The summed E-state index contributed by atoms with van der Waals surface area (Å²) in [6, 6.07) is 3.31. The molecule has 0 aliphatic heterocycles. The molecule has 0 unspecified atom stereocenters. The van der Waals surface area contributed by atoms with E-state index in [1.807, 2.05) is 7.05 Å². The van der Waals surface area contributed by atoms with Gasteiger partial charge in [0.05, 0.1) is 5.69 Å². The highest BCUT2D eigenvalue weighted by Gasteiger charge is 2.12. The summed E-state index contributed by atoms with van der Waals surface area (Å²) in [6.07, 6.45) is 2.07. The lowest BCUT2D eigenvalue weighted by Crippen LogP contribution is -2.22. The molecule has 1 heterocycles. The van der Waals surface area contributed by atoms with E-state index >= 15 is 0 Å². The van der Waals surface area contributed by atoms with Gasteiger partial charge < -0.3 is 14.6 Å². The quantitative estimate of drug-likeness (QED) is 0.610. The molecule has 0 saturated heterocycles. The molecule has 0 atom stereocenters. The van der Waals surface area contributed by atoms with Crippen molar-refractivity contribution in [3.8, 4) is 0 Å². The van der Waals surface area contributed by atoms with Crippen molar-refractivity contribution in [1.29, 1.82) is 0 Å². The Bertz CT molecular complexity index is 328. The van der Waals surface area contributed by atoms with Gasteiger partial charge in [-0.3, -0.25) is 0 Å². The zero-order valence-electron chi connectivity index (χ0n) is 11.1. The molecule has 0 radical (unpaired) electrons. The molecule has 16 heavy (non-hydrogen) atoms. The molecule has 0 spiro atoms. The molecule has 1 N–H and O–H groups in total. The van der Waals surface area contributed by atoms with Crippen LogP contribution in [0.1, 0.15) is 5.69 Å². The summed E-state index contributed by atoms with van der Waals surface area (Å²) >= 11 is 0. The summed E-state index contributed by atoms with van der Waals surface area (Å²) in [6.45, 7) is 10.8. The number of hydrogen-bond acceptors (Lipinski definition) is 2. The van der Waals surface area contributed by atoms with Gasteiger partial charge in [-0.1, -0.05) is 19.6 Å². The number of aromatic nitrogens is 1. The van der Waals surface area contributed by atoms with Gasteiger partial charge in [0.2, 0.25) is 0 Å². The summed E-state index contributed by atoms with van der Waals surface area (Å²) in [5.41, 5.74) is 2.41. The molecule has 0 aliphatic rings. The highest BCUT2D eigenvalue weighted by atomic mass is 28.3. The highest BCUT2D eigenvalue weighted by Crippen LogP contribution is 2.15. The smallest absolute Gasteiger partial charge is 0.122 e. The lowest BCUT2D eigenvalue weighted by atomic mass is 10.4. The van der Waals surface area contributed by atoms with E-state index in [-0.39, 0.29) is 0 Å². The van der Waals surface area contributed by atoms with Crippen molar-refractivity contribution in [2.24, 2.45) is 0 Å². The standard InChI is InChI=1S/C12H24N2OSi/c1-11-12(13-2)6-7-14(11)10-15-8-9-16(3,4)5/h6-7,13H,8-10H2,1-5H3. The number of hydrogen-bond donors (Lipinski definition) is 1. The van der Waals surface area contributed by atoms with Crippen molar-refractivity contribution in [1.82, 2.24) is 4.57 Å². The van der Waals surface area contributed by atoms with Gasteiger partial charge in [0.25, 0.3) is 0 Å². The van der Waals surface area contributed by atoms with E-state index in [1.54, 1.807) is 0 Å². The number of rotatable bonds is 6. The van der Waals surface area contributed by atoms with Crippen molar-refractivity contribution in [3.63, 3.8) is 0 Å². The molecule has 0 fully saturated rings. The largest absolute Gasteiger partial charge is 0.387 e. The zero-order valence-corrected chi connectivity index (χ0v) is 12.1. The third-order valence-corrected chi connectivity index (χ3v) is 4.44. The number of nitrogens with one attached hydrogen (secondary N) is 1. The van der Waals surface area contributed by atoms with Crippen LogP contribution < -0.4 is 5.32 Å². The minimum absolute atomic E-state index is 0.665. The Kier molecular flexibility index (Phi) is 4.62. The van der Waals surface area contributed by atoms with Gasteiger partial charge in [0.1, 0.15) is 6.73 Å². The van der Waals surface area contributed by atoms with Crippen LogP contribution in [0.4, 0.5) is 5.69 Å². The molecule has 0 bridgehead atoms. The van der Waals surface area contributed by atoms with E-state index < -0.39 is 8.07 Å². The summed E-state index contributed by atoms with van der Waals surface area (Å²) in [7, 11) is 0.986. The van der Waals surface area contributed by atoms with Crippen LogP contribution >= 0.6 is 0 Å². The average molecular weight is 240 g/mol. The second-order valence-corrected chi connectivity index (χ2v) is 11.0. The minimum atomic E-state index is -0.957. The topological polar surface area (TPSA) is 26.2 Å². The molecule has 0 aromatic carbocycles. The molecular weight excluding hydrogens is 216 g/mol. The third kappa shape index (κ3) is 4.02. The average Bonchev–Trinajstić information content (AvgIpc) is 2.53. The fourth-order valence-corrected chi connectivity index (χ4v) is 2.25. The monoisotopic (exact) mass is 240 g/mol. The van der Waals surface area contributed by atoms with Crippen LogP contribution in [-0.2, 0) is 11.5 Å². The van der Waals surface area contributed by atoms with Crippen LogP contribution in [0.2, 0.25) is 25.7 Å². The van der Waals surface area contributed by atoms with E-state index in [1.165, 1.54) is 17.4 Å². The Morgan fingerprint density at radius 1 is 1.38 bits per heavy atom. The lowest BCUT2D eigenvalue weighted by molar-refractivity contribution is 0.0863. The van der Waals surface area contributed by atoms with Gasteiger partial charge in [-0.05, 0) is 19.0 Å². The van der Waals surface area contributed by atoms with Gasteiger partial charge in [0, 0.05) is 33.6 Å². The fourth-order valence-electron chi connectivity index (χ4n) is 1.50. The predicted molar refractivity (Wildman–Crippen MR) is 72.8 cm³/mol. The molecule has 1 aromatic rings. The Morgan fingerprint density at radius 3 is 2.56 bits per heavy atom. The van der Waals surface area contributed by atoms with E-state index in [0.717, 1.165) is 6.61 Å². The first-order chi connectivity index (χ1) is 7.44. The number of ether oxygens (including phenoxy) is 1. The summed E-state index contributed by atoms with van der Waals surface area (Å²) in [4.78, 5) is 0. The first-order valence-electron chi connectivity index (χ1n) is 5.85. The Labute approximate surface area is 99.8 Å². The van der Waals surface area contributed by atoms with E-state index in [0.29, 0.717) is 6.73 Å². The minimum Gasteiger partial charge on any atom is -0.387 e. The van der Waals surface area contributed by atoms with Crippen molar-refractivity contribution < 1.29 is 4.74 Å². The summed E-state index contributed by atoms with van der Waals surface area (Å²) < 4.78 is 7.84. The maximum absolute atomic E-state index is 5.70. The first-order valence-corrected chi connectivity index (χ1v) is 9.56. The van der Waals surface area contributed by atoms with Crippen LogP contribution in [0.3, 0.4) is 0 Å².